The van der Waals surface area contributed by atoms with Gasteiger partial charge in [-0.3, -0.25) is 4.79 Å². The van der Waals surface area contributed by atoms with E-state index in [4.69, 9.17) is 9.57 Å². The van der Waals surface area contributed by atoms with Crippen LogP contribution in [0.1, 0.15) is 32.3 Å². The van der Waals surface area contributed by atoms with Gasteiger partial charge in [0.25, 0.3) is 0 Å². The Kier molecular flexibility index (Phi) is 4.64. The highest BCUT2D eigenvalue weighted by Gasteiger charge is 2.35. The van der Waals surface area contributed by atoms with E-state index in [1.165, 1.54) is 13.8 Å². The van der Waals surface area contributed by atoms with Gasteiger partial charge in [-0.1, -0.05) is 23.4 Å². The minimum atomic E-state index is -0.432. The summed E-state index contributed by atoms with van der Waals surface area (Å²) in [6, 6.07) is 7.35. The standard InChI is InChI=1S/C18H20N2O4/c1-12(21)23-17-6-4-3-5-15(17)11-16-18(19-24-13(2)22)14-7-9-20(16)10-8-14/h3-6,11,14H,7-10H2,1-2H3/b16-11+,19-18+. The summed E-state index contributed by atoms with van der Waals surface area (Å²) in [5.74, 6) is 0.00667. The first-order valence-electron chi connectivity index (χ1n) is 8.04. The van der Waals surface area contributed by atoms with Crippen LogP contribution >= 0.6 is 0 Å². The molecule has 0 spiro atoms. The maximum atomic E-state index is 11.3. The van der Waals surface area contributed by atoms with Crippen LogP contribution in [0.3, 0.4) is 0 Å². The molecule has 4 rings (SSSR count). The SMILES string of the molecule is CC(=O)O/N=C1/C(=C\c2ccccc2OC(C)=O)N2CCC1CC2. The fourth-order valence-electron chi connectivity index (χ4n) is 3.16. The Morgan fingerprint density at radius 2 is 1.88 bits per heavy atom. The van der Waals surface area contributed by atoms with Crippen molar-refractivity contribution in [1.82, 2.24) is 4.90 Å². The molecule has 0 N–H and O–H groups in total. The normalized spacial score (nSPS) is 20.5. The van der Waals surface area contributed by atoms with Gasteiger partial charge in [0.1, 0.15) is 11.5 Å². The minimum Gasteiger partial charge on any atom is -0.426 e. The molecule has 3 aliphatic rings. The zero-order valence-electron chi connectivity index (χ0n) is 13.8. The van der Waals surface area contributed by atoms with E-state index in [-0.39, 0.29) is 5.97 Å². The van der Waals surface area contributed by atoms with Gasteiger partial charge in [-0.05, 0) is 25.0 Å². The van der Waals surface area contributed by atoms with Crippen LogP contribution in [-0.2, 0) is 14.4 Å². The quantitative estimate of drug-likeness (QED) is 0.369. The average Bonchev–Trinajstić information content (AvgIpc) is 2.56. The van der Waals surface area contributed by atoms with Crippen molar-refractivity contribution in [2.24, 2.45) is 11.1 Å². The molecule has 0 unspecified atom stereocenters. The van der Waals surface area contributed by atoms with Gasteiger partial charge in [0, 0.05) is 38.4 Å². The predicted octanol–water partition coefficient (Wildman–Crippen LogP) is 2.60. The number of carbonyl (C=O) groups excluding carboxylic acids is 2. The van der Waals surface area contributed by atoms with Gasteiger partial charge >= 0.3 is 11.9 Å². The van der Waals surface area contributed by atoms with E-state index in [9.17, 15) is 9.59 Å². The number of rotatable bonds is 3. The molecule has 3 saturated heterocycles. The lowest BCUT2D eigenvalue weighted by Gasteiger charge is -2.42. The van der Waals surface area contributed by atoms with Crippen LogP contribution < -0.4 is 4.74 Å². The van der Waals surface area contributed by atoms with Crippen molar-refractivity contribution in [2.75, 3.05) is 13.1 Å². The molecule has 24 heavy (non-hydrogen) atoms. The molecule has 0 amide bonds. The smallest absolute Gasteiger partial charge is 0.331 e. The van der Waals surface area contributed by atoms with E-state index < -0.39 is 5.97 Å². The molecule has 1 aromatic carbocycles. The molecule has 126 valence electrons. The molecular weight excluding hydrogens is 308 g/mol. The summed E-state index contributed by atoms with van der Waals surface area (Å²) in [7, 11) is 0. The summed E-state index contributed by atoms with van der Waals surface area (Å²) >= 11 is 0. The summed E-state index contributed by atoms with van der Waals surface area (Å²) in [5.41, 5.74) is 2.52. The zero-order chi connectivity index (χ0) is 17.1. The van der Waals surface area contributed by atoms with Gasteiger partial charge in [0.05, 0.1) is 5.70 Å². The van der Waals surface area contributed by atoms with Crippen LogP contribution in [-0.4, -0.2) is 35.6 Å². The van der Waals surface area contributed by atoms with Gasteiger partial charge in [-0.25, -0.2) is 4.79 Å². The third-order valence-corrected chi connectivity index (χ3v) is 4.22. The van der Waals surface area contributed by atoms with Crippen LogP contribution in [0.25, 0.3) is 6.08 Å². The number of fused-ring (bicyclic) bond motifs is 3. The van der Waals surface area contributed by atoms with Crippen molar-refractivity contribution in [1.29, 1.82) is 0 Å². The van der Waals surface area contributed by atoms with E-state index in [0.717, 1.165) is 42.9 Å². The van der Waals surface area contributed by atoms with E-state index in [1.54, 1.807) is 6.07 Å². The van der Waals surface area contributed by atoms with Crippen molar-refractivity contribution in [3.05, 3.63) is 35.5 Å². The van der Waals surface area contributed by atoms with Crippen molar-refractivity contribution in [3.63, 3.8) is 0 Å². The number of benzene rings is 1. The number of hydrogen-bond acceptors (Lipinski definition) is 6. The largest absolute Gasteiger partial charge is 0.426 e. The lowest BCUT2D eigenvalue weighted by molar-refractivity contribution is -0.141. The highest BCUT2D eigenvalue weighted by Crippen LogP contribution is 2.34. The molecule has 3 heterocycles. The summed E-state index contributed by atoms with van der Waals surface area (Å²) in [6.45, 7) is 4.62. The number of hydrogen-bond donors (Lipinski definition) is 0. The third kappa shape index (κ3) is 3.48. The molecule has 0 saturated carbocycles. The lowest BCUT2D eigenvalue weighted by Crippen LogP contribution is -2.46. The van der Waals surface area contributed by atoms with E-state index in [2.05, 4.69) is 10.1 Å². The number of oxime groups is 1. The molecule has 6 heteroatoms. The predicted molar refractivity (Wildman–Crippen MR) is 89.2 cm³/mol. The number of para-hydroxylation sites is 1. The molecular formula is C18H20N2O4. The van der Waals surface area contributed by atoms with Crippen LogP contribution in [0, 0.1) is 5.92 Å². The molecule has 6 nitrogen and oxygen atoms in total. The number of ether oxygens (including phenoxy) is 1. The number of esters is 1. The van der Waals surface area contributed by atoms with Gasteiger partial charge < -0.3 is 14.5 Å². The first-order valence-corrected chi connectivity index (χ1v) is 8.04. The molecule has 0 aromatic heterocycles. The second-order valence-corrected chi connectivity index (χ2v) is 5.98. The second-order valence-electron chi connectivity index (χ2n) is 5.98. The van der Waals surface area contributed by atoms with E-state index in [1.807, 2.05) is 24.3 Å². The van der Waals surface area contributed by atoms with Crippen LogP contribution in [0.5, 0.6) is 5.75 Å². The van der Waals surface area contributed by atoms with Gasteiger partial charge in [-0.15, -0.1) is 0 Å². The number of piperidine rings is 3. The van der Waals surface area contributed by atoms with Crippen molar-refractivity contribution >= 4 is 23.7 Å². The Bertz CT molecular complexity index is 715. The van der Waals surface area contributed by atoms with Crippen LogP contribution in [0.4, 0.5) is 0 Å². The number of nitrogens with zero attached hydrogens (tertiary/aromatic N) is 2. The van der Waals surface area contributed by atoms with Crippen LogP contribution in [0.2, 0.25) is 0 Å². The van der Waals surface area contributed by atoms with Crippen molar-refractivity contribution < 1.29 is 19.2 Å². The summed E-state index contributed by atoms with van der Waals surface area (Å²) < 4.78 is 5.27. The van der Waals surface area contributed by atoms with Gasteiger partial charge in [0.15, 0.2) is 0 Å². The highest BCUT2D eigenvalue weighted by molar-refractivity contribution is 6.06. The Hall–Kier alpha value is -2.63. The van der Waals surface area contributed by atoms with Crippen molar-refractivity contribution in [2.45, 2.75) is 26.7 Å². The molecule has 3 aliphatic heterocycles. The summed E-state index contributed by atoms with van der Waals surface area (Å²) in [6.07, 6.45) is 3.96. The molecule has 2 bridgehead atoms. The summed E-state index contributed by atoms with van der Waals surface area (Å²) in [5, 5.41) is 4.08. The Morgan fingerprint density at radius 3 is 2.54 bits per heavy atom. The molecule has 3 fully saturated rings. The maximum Gasteiger partial charge on any atom is 0.331 e. The minimum absolute atomic E-state index is 0.293. The molecule has 0 atom stereocenters. The zero-order valence-corrected chi connectivity index (χ0v) is 13.8. The fraction of sp³-hybridized carbons (Fsp3) is 0.389. The highest BCUT2D eigenvalue weighted by atomic mass is 16.7. The van der Waals surface area contributed by atoms with E-state index >= 15 is 0 Å². The Morgan fingerprint density at radius 1 is 1.17 bits per heavy atom. The molecule has 0 radical (unpaired) electrons. The molecule has 1 aromatic rings. The first kappa shape index (κ1) is 16.2. The van der Waals surface area contributed by atoms with Gasteiger partial charge in [0.2, 0.25) is 0 Å². The Balaban J connectivity index is 1.99. The number of allylic oxidation sites excluding steroid dienone is 1. The third-order valence-electron chi connectivity index (χ3n) is 4.22. The topological polar surface area (TPSA) is 68.2 Å². The maximum absolute atomic E-state index is 11.3. The monoisotopic (exact) mass is 328 g/mol. The van der Waals surface area contributed by atoms with Gasteiger partial charge in [-0.2, -0.15) is 0 Å². The van der Waals surface area contributed by atoms with E-state index in [0.29, 0.717) is 11.7 Å². The second kappa shape index (κ2) is 6.86. The fourth-order valence-corrected chi connectivity index (χ4v) is 3.16. The van der Waals surface area contributed by atoms with Crippen molar-refractivity contribution in [3.8, 4) is 5.75 Å². The first-order chi connectivity index (χ1) is 11.5. The number of carbonyl (C=O) groups is 2. The Labute approximate surface area is 140 Å². The van der Waals surface area contributed by atoms with Crippen LogP contribution in [0.15, 0.2) is 35.1 Å². The average molecular weight is 328 g/mol. The summed E-state index contributed by atoms with van der Waals surface area (Å²) in [4.78, 5) is 29.5. The lowest BCUT2D eigenvalue weighted by atomic mass is 9.83. The molecule has 0 aliphatic carbocycles.